The Hall–Kier alpha value is -1.74. The van der Waals surface area contributed by atoms with E-state index in [1.807, 2.05) is 0 Å². The van der Waals surface area contributed by atoms with Crippen molar-refractivity contribution in [2.75, 3.05) is 132 Å². The van der Waals surface area contributed by atoms with Crippen LogP contribution in [-0.2, 0) is 70.8 Å². The van der Waals surface area contributed by atoms with Crippen molar-refractivity contribution in [3.8, 4) is 0 Å². The number of phosphoric ester groups is 1. The quantitative estimate of drug-likeness (QED) is 0.0156. The van der Waals surface area contributed by atoms with Crippen LogP contribution >= 0.6 is 7.82 Å². The summed E-state index contributed by atoms with van der Waals surface area (Å²) in [5.41, 5.74) is 0. The summed E-state index contributed by atoms with van der Waals surface area (Å²) < 4.78 is 69.5. The Morgan fingerprint density at radius 3 is 1.64 bits per heavy atom. The molecule has 7 atom stereocenters. The van der Waals surface area contributed by atoms with Crippen LogP contribution in [-0.4, -0.2) is 212 Å². The highest BCUT2D eigenvalue weighted by atomic mass is 31.2. The van der Waals surface area contributed by atoms with Crippen molar-refractivity contribution in [1.29, 1.82) is 0 Å². The van der Waals surface area contributed by atoms with Crippen LogP contribution in [0.15, 0.2) is 0 Å². The molecule has 6 N–H and O–H groups in total. The molecule has 7 unspecified atom stereocenters. The molecule has 0 radical (unpaired) electrons. The number of carbonyl (C=O) groups excluding carboxylic acids is 3. The maximum absolute atomic E-state index is 11.9. The topological polar surface area (TPSA) is 286 Å². The number of aliphatic hydroxyl groups excluding tert-OH is 2. The summed E-state index contributed by atoms with van der Waals surface area (Å²) in [6.45, 7) is 5.65. The first-order valence-electron chi connectivity index (χ1n) is 18.7. The number of ether oxygens (including phenoxy) is 10. The molecule has 2 saturated heterocycles. The van der Waals surface area contributed by atoms with Gasteiger partial charge in [-0.2, -0.15) is 0 Å². The number of nitrogens with one attached hydrogen (secondary N) is 1. The first-order valence-corrected chi connectivity index (χ1v) is 20.2. The summed E-state index contributed by atoms with van der Waals surface area (Å²) >= 11 is 0. The molecule has 0 bridgehead atoms. The Morgan fingerprint density at radius 1 is 0.768 bits per heavy atom. The number of amides is 3. The summed E-state index contributed by atoms with van der Waals surface area (Å²) in [4.78, 5) is 54.4. The Balaban J connectivity index is 0.966. The number of likely N-dealkylation sites (tertiary alicyclic amines) is 1. The number of hydrogen-bond donors (Lipinski definition) is 6. The minimum atomic E-state index is -4.84. The average Bonchev–Trinajstić information content (AvgIpc) is 3.46. The van der Waals surface area contributed by atoms with Gasteiger partial charge in [-0.25, -0.2) is 4.57 Å². The molecule has 0 aromatic carbocycles. The van der Waals surface area contributed by atoms with Crippen molar-refractivity contribution < 1.29 is 95.9 Å². The van der Waals surface area contributed by atoms with E-state index in [4.69, 9.17) is 57.2 Å². The first-order chi connectivity index (χ1) is 26.8. The third-order valence-electron chi connectivity index (χ3n) is 8.87. The van der Waals surface area contributed by atoms with E-state index in [1.165, 1.54) is 0 Å². The van der Waals surface area contributed by atoms with Crippen LogP contribution in [0.4, 0.5) is 0 Å². The Morgan fingerprint density at radius 2 is 1.21 bits per heavy atom. The predicted octanol–water partition coefficient (Wildman–Crippen LogP) is -4.06. The number of phosphoric acid groups is 1. The normalized spacial score (nSPS) is 26.2. The van der Waals surface area contributed by atoms with E-state index in [2.05, 4.69) is 9.84 Å². The van der Waals surface area contributed by atoms with Crippen molar-refractivity contribution in [1.82, 2.24) is 10.2 Å². The van der Waals surface area contributed by atoms with E-state index in [0.29, 0.717) is 99.0 Å². The molecular weight excluding hydrogens is 774 g/mol. The molecular formula is C32H58BN2O20P. The van der Waals surface area contributed by atoms with Crippen LogP contribution in [0, 0.1) is 11.8 Å². The lowest BCUT2D eigenvalue weighted by Gasteiger charge is -2.49. The fourth-order valence-corrected chi connectivity index (χ4v) is 6.30. The van der Waals surface area contributed by atoms with E-state index in [1.54, 1.807) is 7.85 Å². The van der Waals surface area contributed by atoms with Crippen LogP contribution in [0.25, 0.3) is 0 Å². The van der Waals surface area contributed by atoms with Gasteiger partial charge in [0.05, 0.1) is 143 Å². The van der Waals surface area contributed by atoms with Gasteiger partial charge in [0.2, 0.25) is 17.7 Å². The van der Waals surface area contributed by atoms with Gasteiger partial charge in [0.25, 0.3) is 0 Å². The van der Waals surface area contributed by atoms with E-state index in [0.717, 1.165) is 4.90 Å². The lowest BCUT2D eigenvalue weighted by atomic mass is 9.86. The molecule has 3 fully saturated rings. The van der Waals surface area contributed by atoms with Gasteiger partial charge in [-0.15, -0.1) is 0 Å². The summed E-state index contributed by atoms with van der Waals surface area (Å²) in [6.07, 6.45) is -3.73. The largest absolute Gasteiger partial charge is 0.469 e. The van der Waals surface area contributed by atoms with Gasteiger partial charge < -0.3 is 77.8 Å². The van der Waals surface area contributed by atoms with Gasteiger partial charge in [0.15, 0.2) is 12.1 Å². The maximum atomic E-state index is 11.9. The lowest BCUT2D eigenvalue weighted by molar-refractivity contribution is -0.438. The Bertz CT molecular complexity index is 1210. The van der Waals surface area contributed by atoms with Gasteiger partial charge in [-0.1, -0.05) is 0 Å². The number of hydrogen-bond acceptors (Lipinski definition) is 18. The zero-order chi connectivity index (χ0) is 40.8. The zero-order valence-corrected chi connectivity index (χ0v) is 32.7. The number of aliphatic hydroxyl groups is 3. The van der Waals surface area contributed by atoms with Crippen LogP contribution < -0.4 is 5.32 Å². The lowest BCUT2D eigenvalue weighted by Crippen LogP contribution is -2.64. The van der Waals surface area contributed by atoms with Crippen molar-refractivity contribution in [2.24, 2.45) is 11.8 Å². The highest BCUT2D eigenvalue weighted by Crippen LogP contribution is 2.54. The van der Waals surface area contributed by atoms with Crippen molar-refractivity contribution >= 4 is 33.4 Å². The SMILES string of the molecule is BC1CC(=O)N(CCC(=O)NCCOCCOCCOCCOCCOCCOCCOCCOCCOC2OC3(O)C(COP(=O)(O)O)C(O)C(O)C23)C1=O. The Labute approximate surface area is 326 Å². The highest BCUT2D eigenvalue weighted by Gasteiger charge is 2.71. The number of fused-ring (bicyclic) bond motifs is 1. The minimum absolute atomic E-state index is 0.0616. The van der Waals surface area contributed by atoms with Gasteiger partial charge >= 0.3 is 7.82 Å². The smallest absolute Gasteiger partial charge is 0.390 e. The van der Waals surface area contributed by atoms with Gasteiger partial charge in [0, 0.05) is 31.7 Å². The second kappa shape index (κ2) is 26.4. The highest BCUT2D eigenvalue weighted by molar-refractivity contribution is 7.46. The number of nitrogens with zero attached hydrogens (tertiary/aromatic N) is 1. The second-order valence-corrected chi connectivity index (χ2v) is 14.2. The summed E-state index contributed by atoms with van der Waals surface area (Å²) in [5.74, 6) is -5.36. The monoisotopic (exact) mass is 832 g/mol. The van der Waals surface area contributed by atoms with E-state index < -0.39 is 50.6 Å². The molecule has 1 saturated carbocycles. The standard InChI is InChI=1S/C32H58BN2O20P/c33-24-21-26(37)35(30(24)40)3-1-25(36)34-2-4-45-5-6-46-7-8-47-9-10-48-11-12-49-13-14-50-15-16-51-17-18-52-19-20-53-31-27-29(39)28(38)23(32(27,41)55-31)22-54-56(42,43)44/h23-24,27-29,31,38-39,41H,1-22,33H2,(H,34,36)(H2,42,43,44). The molecule has 3 rings (SSSR count). The molecule has 2 aliphatic heterocycles. The molecule has 2 heterocycles. The minimum Gasteiger partial charge on any atom is -0.390 e. The number of carbonyl (C=O) groups is 3. The predicted molar refractivity (Wildman–Crippen MR) is 191 cm³/mol. The molecule has 24 heteroatoms. The molecule has 56 heavy (non-hydrogen) atoms. The van der Waals surface area contributed by atoms with Crippen molar-refractivity contribution in [3.63, 3.8) is 0 Å². The van der Waals surface area contributed by atoms with Crippen molar-refractivity contribution in [3.05, 3.63) is 0 Å². The molecule has 3 aliphatic rings. The average molecular weight is 833 g/mol. The summed E-state index contributed by atoms with van der Waals surface area (Å²) in [7, 11) is -3.14. The Kier molecular flexibility index (Phi) is 22.9. The zero-order valence-electron chi connectivity index (χ0n) is 31.8. The number of imide groups is 1. The second-order valence-electron chi connectivity index (χ2n) is 13.0. The van der Waals surface area contributed by atoms with E-state index >= 15 is 0 Å². The summed E-state index contributed by atoms with van der Waals surface area (Å²) in [5, 5.41) is 33.7. The first kappa shape index (κ1) is 48.6. The van der Waals surface area contributed by atoms with Gasteiger partial charge in [0.1, 0.15) is 7.85 Å². The number of rotatable bonds is 34. The molecule has 324 valence electrons. The maximum Gasteiger partial charge on any atom is 0.469 e. The van der Waals surface area contributed by atoms with Gasteiger partial charge in [-0.05, 0) is 0 Å². The van der Waals surface area contributed by atoms with Gasteiger partial charge in [-0.3, -0.25) is 23.8 Å². The molecule has 22 nitrogen and oxygen atoms in total. The van der Waals surface area contributed by atoms with E-state index in [-0.39, 0.29) is 62.7 Å². The molecule has 0 aromatic rings. The third-order valence-corrected chi connectivity index (χ3v) is 9.36. The van der Waals surface area contributed by atoms with Crippen LogP contribution in [0.1, 0.15) is 12.8 Å². The van der Waals surface area contributed by atoms with Crippen LogP contribution in [0.3, 0.4) is 0 Å². The fourth-order valence-electron chi connectivity index (χ4n) is 5.94. The third kappa shape index (κ3) is 17.2. The molecule has 3 amide bonds. The molecule has 1 aliphatic carbocycles. The fraction of sp³-hybridized carbons (Fsp3) is 0.906. The molecule has 0 aromatic heterocycles. The van der Waals surface area contributed by atoms with E-state index in [9.17, 15) is 34.3 Å². The van der Waals surface area contributed by atoms with Crippen LogP contribution in [0.2, 0.25) is 5.82 Å². The molecule has 0 spiro atoms. The van der Waals surface area contributed by atoms with Crippen molar-refractivity contribution in [2.45, 2.75) is 42.9 Å². The van der Waals surface area contributed by atoms with Crippen LogP contribution in [0.5, 0.6) is 0 Å². The summed E-state index contributed by atoms with van der Waals surface area (Å²) in [6, 6.07) is 0.